The molecule has 33 heavy (non-hydrogen) atoms. The number of nitrogens with one attached hydrogen (secondary N) is 1. The molecule has 0 aliphatic rings. The van der Waals surface area contributed by atoms with Crippen molar-refractivity contribution in [1.82, 2.24) is 15.0 Å². The Kier molecular flexibility index (Phi) is 7.44. The minimum atomic E-state index is -4.48. The van der Waals surface area contributed by atoms with Gasteiger partial charge in [-0.05, 0) is 48.5 Å². The average Bonchev–Trinajstić information content (AvgIpc) is 3.15. The Labute approximate surface area is 190 Å². The first-order chi connectivity index (χ1) is 15.6. The van der Waals surface area contributed by atoms with Gasteiger partial charge in [-0.1, -0.05) is 6.58 Å². The van der Waals surface area contributed by atoms with Crippen LogP contribution in [0.2, 0.25) is 0 Å². The van der Waals surface area contributed by atoms with Gasteiger partial charge in [0, 0.05) is 17.2 Å². The second-order valence-electron chi connectivity index (χ2n) is 6.66. The summed E-state index contributed by atoms with van der Waals surface area (Å²) < 4.78 is 57.0. The molecule has 0 atom stereocenters. The Balaban J connectivity index is 0.000000709. The van der Waals surface area contributed by atoms with Gasteiger partial charge in [-0.25, -0.2) is 9.37 Å². The number of hydrogen-bond donors (Lipinski definition) is 3. The summed E-state index contributed by atoms with van der Waals surface area (Å²) in [6.07, 6.45) is -3.33. The molecular weight excluding hydrogens is 458 g/mol. The number of H-pyrrole nitrogens is 1. The standard InChI is InChI=1S/C20H13F4N3OS.C2H6N2/c21-12-1-3-13(4-2-12)28-14-5-6-16-17(9-14)27-19(26-16)11-29-15-7-8-25-18(10-15)20(22,23)24;1-2(3)4/h1-10H,11H2,(H,26,27);1,3-4H2. The predicted molar refractivity (Wildman–Crippen MR) is 119 cm³/mol. The number of alkyl halides is 3. The predicted octanol–water partition coefficient (Wildman–Crippen LogP) is 5.58. The summed E-state index contributed by atoms with van der Waals surface area (Å²) in [5.74, 6) is 1.86. The van der Waals surface area contributed by atoms with Crippen LogP contribution in [0.5, 0.6) is 11.5 Å². The lowest BCUT2D eigenvalue weighted by Gasteiger charge is -2.06. The van der Waals surface area contributed by atoms with Crippen LogP contribution in [-0.4, -0.2) is 15.0 Å². The molecule has 0 saturated carbocycles. The van der Waals surface area contributed by atoms with Crippen LogP contribution in [0.1, 0.15) is 11.5 Å². The van der Waals surface area contributed by atoms with Gasteiger partial charge in [0.15, 0.2) is 0 Å². The fraction of sp³-hybridized carbons (Fsp3) is 0.0909. The van der Waals surface area contributed by atoms with E-state index in [0.29, 0.717) is 33.5 Å². The summed E-state index contributed by atoms with van der Waals surface area (Å²) in [6.45, 7) is 3.11. The van der Waals surface area contributed by atoms with Gasteiger partial charge < -0.3 is 21.2 Å². The van der Waals surface area contributed by atoms with Gasteiger partial charge >= 0.3 is 6.18 Å². The first kappa shape index (κ1) is 23.9. The maximum absolute atomic E-state index is 13.0. The normalized spacial score (nSPS) is 11.0. The van der Waals surface area contributed by atoms with Gasteiger partial charge in [-0.2, -0.15) is 13.2 Å². The monoisotopic (exact) mass is 477 g/mol. The number of nitrogens with zero attached hydrogens (tertiary/aromatic N) is 2. The Morgan fingerprint density at radius 1 is 1.03 bits per heavy atom. The van der Waals surface area contributed by atoms with Crippen molar-refractivity contribution in [2.75, 3.05) is 0 Å². The topological polar surface area (TPSA) is 103 Å². The van der Waals surface area contributed by atoms with Gasteiger partial charge in [-0.3, -0.25) is 4.98 Å². The van der Waals surface area contributed by atoms with Crippen molar-refractivity contribution in [2.45, 2.75) is 16.8 Å². The molecule has 0 aliphatic carbocycles. The number of halogens is 4. The number of thioether (sulfide) groups is 1. The summed E-state index contributed by atoms with van der Waals surface area (Å²) in [4.78, 5) is 11.4. The summed E-state index contributed by atoms with van der Waals surface area (Å²) >= 11 is 1.23. The molecule has 0 fully saturated rings. The van der Waals surface area contributed by atoms with Crippen LogP contribution in [-0.2, 0) is 11.9 Å². The molecule has 5 N–H and O–H groups in total. The van der Waals surface area contributed by atoms with E-state index in [1.54, 1.807) is 18.2 Å². The highest BCUT2D eigenvalue weighted by atomic mass is 32.2. The van der Waals surface area contributed by atoms with Crippen LogP contribution in [0.15, 0.2) is 78.1 Å². The SMILES string of the molecule is C=C(N)N.Fc1ccc(Oc2ccc3nc(CSc4ccnc(C(F)(F)F)c4)[nH]c3c2)cc1. The smallest absolute Gasteiger partial charge is 0.433 e. The third kappa shape index (κ3) is 7.14. The number of fused-ring (bicyclic) bond motifs is 1. The van der Waals surface area contributed by atoms with Crippen molar-refractivity contribution in [3.05, 3.63) is 90.5 Å². The molecule has 2 aromatic carbocycles. The zero-order valence-corrected chi connectivity index (χ0v) is 17.9. The van der Waals surface area contributed by atoms with Gasteiger partial charge in [0.1, 0.15) is 28.8 Å². The van der Waals surface area contributed by atoms with E-state index >= 15 is 0 Å². The van der Waals surface area contributed by atoms with Crippen molar-refractivity contribution in [3.63, 3.8) is 0 Å². The molecule has 4 aromatic rings. The molecule has 172 valence electrons. The van der Waals surface area contributed by atoms with Crippen LogP contribution in [0, 0.1) is 5.82 Å². The largest absolute Gasteiger partial charge is 0.457 e. The number of imidazole rings is 1. The first-order valence-corrected chi connectivity index (χ1v) is 10.4. The van der Waals surface area contributed by atoms with E-state index < -0.39 is 11.9 Å². The van der Waals surface area contributed by atoms with E-state index in [9.17, 15) is 17.6 Å². The Hall–Kier alpha value is -3.73. The van der Waals surface area contributed by atoms with Crippen molar-refractivity contribution in [2.24, 2.45) is 11.5 Å². The molecule has 11 heteroatoms. The fourth-order valence-corrected chi connectivity index (χ4v) is 3.41. The zero-order chi connectivity index (χ0) is 24.0. The molecule has 4 rings (SSSR count). The van der Waals surface area contributed by atoms with Crippen LogP contribution in [0.25, 0.3) is 11.0 Å². The minimum Gasteiger partial charge on any atom is -0.457 e. The number of nitrogens with two attached hydrogens (primary N) is 2. The van der Waals surface area contributed by atoms with Gasteiger partial charge in [0.05, 0.1) is 22.6 Å². The maximum atomic E-state index is 13.0. The molecule has 6 nitrogen and oxygen atoms in total. The van der Waals surface area contributed by atoms with E-state index in [1.165, 1.54) is 42.1 Å². The van der Waals surface area contributed by atoms with Gasteiger partial charge in [0.2, 0.25) is 0 Å². The van der Waals surface area contributed by atoms with Gasteiger partial charge in [0.25, 0.3) is 0 Å². The molecule has 0 unspecified atom stereocenters. The van der Waals surface area contributed by atoms with Crippen molar-refractivity contribution in [1.29, 1.82) is 0 Å². The zero-order valence-electron chi connectivity index (χ0n) is 17.1. The van der Waals surface area contributed by atoms with Crippen molar-refractivity contribution >= 4 is 22.8 Å². The highest BCUT2D eigenvalue weighted by Crippen LogP contribution is 2.31. The molecule has 0 amide bonds. The number of ether oxygens (including phenoxy) is 1. The summed E-state index contributed by atoms with van der Waals surface area (Å²) in [6, 6.07) is 13.5. The summed E-state index contributed by atoms with van der Waals surface area (Å²) in [7, 11) is 0. The summed E-state index contributed by atoms with van der Waals surface area (Å²) in [5.41, 5.74) is 9.90. The Morgan fingerprint density at radius 2 is 1.70 bits per heavy atom. The van der Waals surface area contributed by atoms with E-state index in [1.807, 2.05) is 0 Å². The average molecular weight is 477 g/mol. The van der Waals surface area contributed by atoms with Crippen LogP contribution >= 0.6 is 11.8 Å². The quantitative estimate of drug-likeness (QED) is 0.256. The van der Waals surface area contributed by atoms with Crippen LogP contribution in [0.4, 0.5) is 17.6 Å². The molecule has 2 heterocycles. The Morgan fingerprint density at radius 3 is 2.36 bits per heavy atom. The molecular formula is C22H19F4N5OS. The highest BCUT2D eigenvalue weighted by Gasteiger charge is 2.32. The first-order valence-electron chi connectivity index (χ1n) is 9.38. The number of rotatable bonds is 5. The Bertz CT molecular complexity index is 1240. The molecule has 0 radical (unpaired) electrons. The second kappa shape index (κ2) is 10.3. The lowest BCUT2D eigenvalue weighted by molar-refractivity contribution is -0.141. The van der Waals surface area contributed by atoms with Gasteiger partial charge in [-0.15, -0.1) is 11.8 Å². The molecule has 0 spiro atoms. The highest BCUT2D eigenvalue weighted by molar-refractivity contribution is 7.98. The number of benzene rings is 2. The summed E-state index contributed by atoms with van der Waals surface area (Å²) in [5, 5.41) is 0. The molecule has 0 saturated heterocycles. The van der Waals surface area contributed by atoms with E-state index in [0.717, 1.165) is 17.8 Å². The van der Waals surface area contributed by atoms with Crippen molar-refractivity contribution in [3.8, 4) is 11.5 Å². The third-order valence-electron chi connectivity index (χ3n) is 3.95. The minimum absolute atomic E-state index is 0.167. The number of aromatic amines is 1. The maximum Gasteiger partial charge on any atom is 0.433 e. The number of aromatic nitrogens is 3. The second-order valence-corrected chi connectivity index (χ2v) is 7.71. The fourth-order valence-electron chi connectivity index (χ4n) is 2.62. The number of pyridine rings is 1. The number of hydrogen-bond acceptors (Lipinski definition) is 6. The lowest BCUT2D eigenvalue weighted by Crippen LogP contribution is -2.07. The third-order valence-corrected chi connectivity index (χ3v) is 4.95. The van der Waals surface area contributed by atoms with Crippen LogP contribution < -0.4 is 16.2 Å². The van der Waals surface area contributed by atoms with E-state index in [2.05, 4.69) is 21.5 Å². The van der Waals surface area contributed by atoms with Crippen molar-refractivity contribution < 1.29 is 22.3 Å². The molecule has 2 aromatic heterocycles. The van der Waals surface area contributed by atoms with E-state index in [-0.39, 0.29) is 11.6 Å². The van der Waals surface area contributed by atoms with Crippen LogP contribution in [0.3, 0.4) is 0 Å². The molecule has 0 bridgehead atoms. The van der Waals surface area contributed by atoms with E-state index in [4.69, 9.17) is 16.2 Å². The molecule has 0 aliphatic heterocycles. The lowest BCUT2D eigenvalue weighted by atomic mass is 10.3.